The van der Waals surface area contributed by atoms with Crippen LogP contribution < -0.4 is 5.32 Å². The first kappa shape index (κ1) is 13.9. The zero-order valence-electron chi connectivity index (χ0n) is 11.2. The van der Waals surface area contributed by atoms with Crippen LogP contribution in [0.25, 0.3) is 0 Å². The second-order valence-electron chi connectivity index (χ2n) is 5.96. The number of likely N-dealkylation sites (N-methyl/N-ethyl adjacent to an activating group) is 1. The van der Waals surface area contributed by atoms with Crippen LogP contribution in [0.15, 0.2) is 0 Å². The average molecular weight is 229 g/mol. The number of rotatable bonds is 4. The zero-order valence-corrected chi connectivity index (χ0v) is 11.2. The first-order valence-electron chi connectivity index (χ1n) is 6.14. The van der Waals surface area contributed by atoms with Crippen molar-refractivity contribution in [1.29, 1.82) is 0 Å². The third kappa shape index (κ3) is 4.78. The van der Waals surface area contributed by atoms with E-state index in [2.05, 4.69) is 43.1 Å². The van der Waals surface area contributed by atoms with Crippen LogP contribution >= 0.6 is 0 Å². The molecule has 1 atom stereocenters. The van der Waals surface area contributed by atoms with Gasteiger partial charge in [0.15, 0.2) is 0 Å². The minimum absolute atomic E-state index is 0.226. The van der Waals surface area contributed by atoms with Gasteiger partial charge in [-0.25, -0.2) is 0 Å². The molecule has 1 saturated heterocycles. The Bertz CT molecular complexity index is 206. The lowest BCUT2D eigenvalue weighted by Crippen LogP contribution is -2.42. The van der Waals surface area contributed by atoms with Gasteiger partial charge in [-0.3, -0.25) is 4.90 Å². The lowest BCUT2D eigenvalue weighted by molar-refractivity contribution is 0.170. The Morgan fingerprint density at radius 3 is 2.69 bits per heavy atom. The SMILES string of the molecule is CN(C)CCN1CC(CO)NCC(C)(C)C1. The maximum Gasteiger partial charge on any atom is 0.0597 e. The molecule has 0 amide bonds. The third-order valence-corrected chi connectivity index (χ3v) is 3.08. The van der Waals surface area contributed by atoms with Crippen LogP contribution in [0.5, 0.6) is 0 Å². The molecule has 1 heterocycles. The summed E-state index contributed by atoms with van der Waals surface area (Å²) in [5.41, 5.74) is 0.288. The summed E-state index contributed by atoms with van der Waals surface area (Å²) < 4.78 is 0. The number of aliphatic hydroxyl groups is 1. The Kier molecular flexibility index (Phi) is 5.18. The van der Waals surface area contributed by atoms with Crippen molar-refractivity contribution in [3.63, 3.8) is 0 Å². The maximum absolute atomic E-state index is 9.28. The van der Waals surface area contributed by atoms with Crippen molar-refractivity contribution in [2.75, 3.05) is 53.4 Å². The molecule has 0 aromatic carbocycles. The van der Waals surface area contributed by atoms with Gasteiger partial charge in [0, 0.05) is 38.8 Å². The molecule has 4 nitrogen and oxygen atoms in total. The van der Waals surface area contributed by atoms with Crippen LogP contribution in [-0.2, 0) is 0 Å². The Labute approximate surface area is 99.6 Å². The molecular weight excluding hydrogens is 202 g/mol. The molecule has 0 aromatic rings. The van der Waals surface area contributed by atoms with E-state index in [1.165, 1.54) is 0 Å². The monoisotopic (exact) mass is 229 g/mol. The highest BCUT2D eigenvalue weighted by Crippen LogP contribution is 2.18. The molecule has 0 saturated carbocycles. The number of nitrogens with one attached hydrogen (secondary N) is 1. The molecular formula is C12H27N3O. The Balaban J connectivity index is 2.51. The van der Waals surface area contributed by atoms with Crippen LogP contribution in [0.4, 0.5) is 0 Å². The van der Waals surface area contributed by atoms with E-state index in [-0.39, 0.29) is 18.1 Å². The van der Waals surface area contributed by atoms with E-state index in [1.807, 2.05) is 0 Å². The number of hydrogen-bond acceptors (Lipinski definition) is 4. The lowest BCUT2D eigenvalue weighted by atomic mass is 9.93. The average Bonchev–Trinajstić information content (AvgIpc) is 2.33. The van der Waals surface area contributed by atoms with E-state index in [0.717, 1.165) is 32.7 Å². The summed E-state index contributed by atoms with van der Waals surface area (Å²) in [6.07, 6.45) is 0. The van der Waals surface area contributed by atoms with Crippen molar-refractivity contribution in [3.8, 4) is 0 Å². The highest BCUT2D eigenvalue weighted by atomic mass is 16.3. The summed E-state index contributed by atoms with van der Waals surface area (Å²) in [4.78, 5) is 4.67. The minimum Gasteiger partial charge on any atom is -0.395 e. The van der Waals surface area contributed by atoms with E-state index in [4.69, 9.17) is 0 Å². The second-order valence-corrected chi connectivity index (χ2v) is 5.96. The minimum atomic E-state index is 0.226. The predicted molar refractivity (Wildman–Crippen MR) is 67.7 cm³/mol. The first-order valence-corrected chi connectivity index (χ1v) is 6.14. The smallest absolute Gasteiger partial charge is 0.0597 e. The lowest BCUT2D eigenvalue weighted by Gasteiger charge is -2.29. The van der Waals surface area contributed by atoms with Crippen LogP contribution in [0, 0.1) is 5.41 Å². The second kappa shape index (κ2) is 5.96. The largest absolute Gasteiger partial charge is 0.395 e. The van der Waals surface area contributed by atoms with Gasteiger partial charge in [0.2, 0.25) is 0 Å². The Morgan fingerprint density at radius 1 is 1.44 bits per heavy atom. The van der Waals surface area contributed by atoms with Crippen molar-refractivity contribution in [2.24, 2.45) is 5.41 Å². The molecule has 16 heavy (non-hydrogen) atoms. The van der Waals surface area contributed by atoms with Gasteiger partial charge >= 0.3 is 0 Å². The fourth-order valence-corrected chi connectivity index (χ4v) is 2.16. The summed E-state index contributed by atoms with van der Waals surface area (Å²) in [7, 11) is 4.20. The Hall–Kier alpha value is -0.160. The van der Waals surface area contributed by atoms with Gasteiger partial charge < -0.3 is 15.3 Å². The molecule has 1 aliphatic rings. The van der Waals surface area contributed by atoms with Crippen molar-refractivity contribution in [2.45, 2.75) is 19.9 Å². The maximum atomic E-state index is 9.28. The zero-order chi connectivity index (χ0) is 12.2. The standard InChI is InChI=1S/C12H27N3O/c1-12(2)9-13-11(8-16)7-15(10-12)6-5-14(3)4/h11,13,16H,5-10H2,1-4H3. The summed E-state index contributed by atoms with van der Waals surface area (Å²) in [5.74, 6) is 0. The molecule has 2 N–H and O–H groups in total. The summed E-state index contributed by atoms with van der Waals surface area (Å²) in [6, 6.07) is 0.226. The highest BCUT2D eigenvalue weighted by molar-refractivity contribution is 4.85. The Morgan fingerprint density at radius 2 is 2.12 bits per heavy atom. The molecule has 1 rings (SSSR count). The van der Waals surface area contributed by atoms with Crippen LogP contribution in [0.2, 0.25) is 0 Å². The topological polar surface area (TPSA) is 38.7 Å². The fourth-order valence-electron chi connectivity index (χ4n) is 2.16. The molecule has 0 bridgehead atoms. The molecule has 96 valence electrons. The highest BCUT2D eigenvalue weighted by Gasteiger charge is 2.28. The summed E-state index contributed by atoms with van der Waals surface area (Å²) in [5, 5.41) is 12.7. The van der Waals surface area contributed by atoms with Crippen LogP contribution in [0.1, 0.15) is 13.8 Å². The molecule has 0 spiro atoms. The van der Waals surface area contributed by atoms with E-state index in [0.29, 0.717) is 0 Å². The molecule has 0 aromatic heterocycles. The molecule has 0 radical (unpaired) electrons. The van der Waals surface area contributed by atoms with Crippen molar-refractivity contribution >= 4 is 0 Å². The van der Waals surface area contributed by atoms with Gasteiger partial charge in [-0.15, -0.1) is 0 Å². The molecule has 1 aliphatic heterocycles. The summed E-state index contributed by atoms with van der Waals surface area (Å²) in [6.45, 7) is 9.98. The predicted octanol–water partition coefficient (Wildman–Crippen LogP) is -0.160. The van der Waals surface area contributed by atoms with Gasteiger partial charge in [0.25, 0.3) is 0 Å². The van der Waals surface area contributed by atoms with Gasteiger partial charge in [-0.2, -0.15) is 0 Å². The molecule has 1 fully saturated rings. The van der Waals surface area contributed by atoms with Crippen molar-refractivity contribution in [3.05, 3.63) is 0 Å². The number of aliphatic hydroxyl groups excluding tert-OH is 1. The van der Waals surface area contributed by atoms with E-state index in [1.54, 1.807) is 0 Å². The van der Waals surface area contributed by atoms with Gasteiger partial charge in [-0.05, 0) is 19.5 Å². The quantitative estimate of drug-likeness (QED) is 0.703. The van der Waals surface area contributed by atoms with E-state index in [9.17, 15) is 5.11 Å². The van der Waals surface area contributed by atoms with E-state index >= 15 is 0 Å². The van der Waals surface area contributed by atoms with Crippen molar-refractivity contribution in [1.82, 2.24) is 15.1 Å². The van der Waals surface area contributed by atoms with E-state index < -0.39 is 0 Å². The third-order valence-electron chi connectivity index (χ3n) is 3.08. The van der Waals surface area contributed by atoms with Crippen LogP contribution in [0.3, 0.4) is 0 Å². The van der Waals surface area contributed by atoms with Crippen LogP contribution in [-0.4, -0.2) is 74.4 Å². The van der Waals surface area contributed by atoms with Gasteiger partial charge in [0.05, 0.1) is 6.61 Å². The normalized spacial score (nSPS) is 27.0. The van der Waals surface area contributed by atoms with Gasteiger partial charge in [-0.1, -0.05) is 13.8 Å². The molecule has 4 heteroatoms. The van der Waals surface area contributed by atoms with Gasteiger partial charge in [0.1, 0.15) is 0 Å². The first-order chi connectivity index (χ1) is 7.43. The molecule has 0 aliphatic carbocycles. The summed E-state index contributed by atoms with van der Waals surface area (Å²) >= 11 is 0. The fraction of sp³-hybridized carbons (Fsp3) is 1.00. The molecule has 1 unspecified atom stereocenters. The number of hydrogen-bond donors (Lipinski definition) is 2. The number of nitrogens with zero attached hydrogens (tertiary/aromatic N) is 2. The van der Waals surface area contributed by atoms with Crippen molar-refractivity contribution < 1.29 is 5.11 Å².